The van der Waals surface area contributed by atoms with Crippen molar-refractivity contribution in [2.75, 3.05) is 0 Å². The summed E-state index contributed by atoms with van der Waals surface area (Å²) in [5, 5.41) is 18.0. The normalized spacial score (nSPS) is 11.5. The number of pyridine rings is 1. The molecule has 0 saturated heterocycles. The van der Waals surface area contributed by atoms with E-state index in [9.17, 15) is 5.26 Å². The zero-order chi connectivity index (χ0) is 22.0. The summed E-state index contributed by atoms with van der Waals surface area (Å²) in [5.74, 6) is 0.708. The number of halogens is 1. The minimum absolute atomic E-state index is 0.104. The van der Waals surface area contributed by atoms with Gasteiger partial charge in [-0.05, 0) is 62.8 Å². The first-order valence-corrected chi connectivity index (χ1v) is 10.7. The van der Waals surface area contributed by atoms with Gasteiger partial charge in [-0.15, -0.1) is 5.10 Å². The molecule has 4 aromatic rings. The molecule has 0 unspecified atom stereocenters. The van der Waals surface area contributed by atoms with Crippen LogP contribution < -0.4 is 4.74 Å². The number of fused-ring (bicyclic) bond motifs is 1. The number of hydrogen-bond donors (Lipinski definition) is 0. The third kappa shape index (κ3) is 4.59. The Balaban J connectivity index is 1.56. The van der Waals surface area contributed by atoms with Gasteiger partial charge < -0.3 is 4.74 Å². The predicted molar refractivity (Wildman–Crippen MR) is 123 cm³/mol. The van der Waals surface area contributed by atoms with E-state index < -0.39 is 0 Å². The molecule has 0 saturated carbocycles. The summed E-state index contributed by atoms with van der Waals surface area (Å²) in [4.78, 5) is 4.15. The molecular weight excluding hydrogens is 454 g/mol. The van der Waals surface area contributed by atoms with E-state index in [1.807, 2.05) is 53.2 Å². The Morgan fingerprint density at radius 3 is 2.74 bits per heavy atom. The second-order valence-electron chi connectivity index (χ2n) is 8.55. The van der Waals surface area contributed by atoms with E-state index in [1.165, 1.54) is 0 Å². The van der Waals surface area contributed by atoms with Crippen molar-refractivity contribution in [3.63, 3.8) is 0 Å². The molecule has 0 atom stereocenters. The van der Waals surface area contributed by atoms with Gasteiger partial charge >= 0.3 is 0 Å². The van der Waals surface area contributed by atoms with Crippen LogP contribution in [-0.4, -0.2) is 20.0 Å². The van der Waals surface area contributed by atoms with E-state index >= 15 is 0 Å². The summed E-state index contributed by atoms with van der Waals surface area (Å²) in [6.45, 7) is 7.68. The van der Waals surface area contributed by atoms with Crippen LogP contribution in [0.5, 0.6) is 5.75 Å². The van der Waals surface area contributed by atoms with Crippen molar-refractivity contribution in [3.05, 3.63) is 70.5 Å². The Bertz CT molecular complexity index is 1280. The van der Waals surface area contributed by atoms with Gasteiger partial charge in [0.25, 0.3) is 0 Å². The highest BCUT2D eigenvalue weighted by Crippen LogP contribution is 2.33. The topological polar surface area (TPSA) is 76.6 Å². The number of aromatic nitrogens is 4. The van der Waals surface area contributed by atoms with Crippen LogP contribution in [-0.2, 0) is 13.2 Å². The Morgan fingerprint density at radius 2 is 1.97 bits per heavy atom. The summed E-state index contributed by atoms with van der Waals surface area (Å²) in [7, 11) is 0. The standard InChI is InChI=1S/C24H22BrN5O/c1-24(2,3)15-30-20-9-10-21(22(25)23(20)28-29-30)31-14-16-6-4-7-17(12-16)18-8-5-11-27-19(18)13-26/h4-12H,14-15H2,1-3H3. The lowest BCUT2D eigenvalue weighted by molar-refractivity contribution is 0.304. The van der Waals surface area contributed by atoms with Crippen molar-refractivity contribution in [1.82, 2.24) is 20.0 Å². The zero-order valence-corrected chi connectivity index (χ0v) is 19.2. The van der Waals surface area contributed by atoms with Crippen molar-refractivity contribution in [2.24, 2.45) is 5.41 Å². The largest absolute Gasteiger partial charge is 0.488 e. The third-order valence-electron chi connectivity index (χ3n) is 4.76. The summed E-state index contributed by atoms with van der Waals surface area (Å²) < 4.78 is 8.80. The number of benzene rings is 2. The van der Waals surface area contributed by atoms with Gasteiger partial charge in [0.05, 0.1) is 9.99 Å². The van der Waals surface area contributed by atoms with Crippen LogP contribution in [0.1, 0.15) is 32.0 Å². The van der Waals surface area contributed by atoms with Gasteiger partial charge in [-0.3, -0.25) is 0 Å². The van der Waals surface area contributed by atoms with E-state index in [2.05, 4.69) is 58.1 Å². The molecule has 0 aliphatic rings. The molecule has 156 valence electrons. The molecule has 7 heteroatoms. The third-order valence-corrected chi connectivity index (χ3v) is 5.53. The molecule has 0 aliphatic heterocycles. The highest BCUT2D eigenvalue weighted by Gasteiger charge is 2.17. The Hall–Kier alpha value is -3.24. The van der Waals surface area contributed by atoms with Gasteiger partial charge in [-0.2, -0.15) is 5.26 Å². The lowest BCUT2D eigenvalue weighted by Gasteiger charge is -2.18. The van der Waals surface area contributed by atoms with Gasteiger partial charge in [0.15, 0.2) is 0 Å². The molecule has 0 radical (unpaired) electrons. The van der Waals surface area contributed by atoms with Crippen LogP contribution in [0.2, 0.25) is 0 Å². The lowest BCUT2D eigenvalue weighted by Crippen LogP contribution is -2.16. The monoisotopic (exact) mass is 475 g/mol. The maximum atomic E-state index is 9.33. The second-order valence-corrected chi connectivity index (χ2v) is 9.35. The van der Waals surface area contributed by atoms with Crippen molar-refractivity contribution >= 4 is 27.0 Å². The molecule has 0 bridgehead atoms. The molecular formula is C24H22BrN5O. The van der Waals surface area contributed by atoms with E-state index in [4.69, 9.17) is 4.74 Å². The average molecular weight is 476 g/mol. The summed E-state index contributed by atoms with van der Waals surface area (Å²) in [6.07, 6.45) is 1.63. The van der Waals surface area contributed by atoms with Crippen molar-refractivity contribution in [2.45, 2.75) is 33.9 Å². The van der Waals surface area contributed by atoms with Crippen molar-refractivity contribution in [3.8, 4) is 22.9 Å². The highest BCUT2D eigenvalue weighted by atomic mass is 79.9. The summed E-state index contributed by atoms with van der Waals surface area (Å²) >= 11 is 3.63. The minimum atomic E-state index is 0.104. The predicted octanol–water partition coefficient (Wildman–Crippen LogP) is 5.75. The summed E-state index contributed by atoms with van der Waals surface area (Å²) in [6, 6.07) is 17.8. The van der Waals surface area contributed by atoms with Crippen LogP contribution in [0.4, 0.5) is 0 Å². The van der Waals surface area contributed by atoms with Gasteiger partial charge in [-0.1, -0.05) is 44.2 Å². The molecule has 0 aliphatic carbocycles. The van der Waals surface area contributed by atoms with Gasteiger partial charge in [0, 0.05) is 18.3 Å². The molecule has 0 amide bonds. The number of nitrogens with zero attached hydrogens (tertiary/aromatic N) is 5. The fraction of sp³-hybridized carbons (Fsp3) is 0.250. The van der Waals surface area contributed by atoms with Crippen molar-refractivity contribution < 1.29 is 4.74 Å². The molecule has 0 spiro atoms. The number of hydrogen-bond acceptors (Lipinski definition) is 5. The molecule has 0 fully saturated rings. The molecule has 0 N–H and O–H groups in total. The molecule has 6 nitrogen and oxygen atoms in total. The quantitative estimate of drug-likeness (QED) is 0.367. The van der Waals surface area contributed by atoms with Gasteiger partial charge in [-0.25, -0.2) is 9.67 Å². The number of nitriles is 1. The first kappa shape index (κ1) is 21.0. The second kappa shape index (κ2) is 8.48. The fourth-order valence-corrected chi connectivity index (χ4v) is 3.91. The summed E-state index contributed by atoms with van der Waals surface area (Å²) in [5.41, 5.74) is 5.00. The molecule has 31 heavy (non-hydrogen) atoms. The van der Waals surface area contributed by atoms with Crippen LogP contribution in [0, 0.1) is 16.7 Å². The van der Waals surface area contributed by atoms with Crippen LogP contribution in [0.3, 0.4) is 0 Å². The number of ether oxygens (including phenoxy) is 1. The van der Waals surface area contributed by atoms with E-state index in [0.717, 1.165) is 38.7 Å². The number of rotatable bonds is 5. The molecule has 2 aromatic carbocycles. The SMILES string of the molecule is CC(C)(C)Cn1nnc2c(Br)c(OCc3cccc(-c4cccnc4C#N)c3)ccc21. The van der Waals surface area contributed by atoms with Crippen LogP contribution >= 0.6 is 15.9 Å². The van der Waals surface area contributed by atoms with E-state index in [-0.39, 0.29) is 5.41 Å². The smallest absolute Gasteiger partial charge is 0.148 e. The first-order chi connectivity index (χ1) is 14.9. The van der Waals surface area contributed by atoms with E-state index in [1.54, 1.807) is 6.20 Å². The maximum Gasteiger partial charge on any atom is 0.148 e. The molecule has 2 heterocycles. The van der Waals surface area contributed by atoms with E-state index in [0.29, 0.717) is 18.1 Å². The van der Waals surface area contributed by atoms with Crippen LogP contribution in [0.15, 0.2) is 59.2 Å². The highest BCUT2D eigenvalue weighted by molar-refractivity contribution is 9.10. The average Bonchev–Trinajstić information content (AvgIpc) is 3.15. The first-order valence-electron chi connectivity index (χ1n) is 9.95. The zero-order valence-electron chi connectivity index (χ0n) is 17.6. The van der Waals surface area contributed by atoms with Gasteiger partial charge in [0.1, 0.15) is 29.6 Å². The molecule has 4 rings (SSSR count). The maximum absolute atomic E-state index is 9.33. The van der Waals surface area contributed by atoms with Gasteiger partial charge in [0.2, 0.25) is 0 Å². The lowest BCUT2D eigenvalue weighted by atomic mass is 9.97. The molecule has 2 aromatic heterocycles. The Kier molecular flexibility index (Phi) is 5.75. The fourth-order valence-electron chi connectivity index (χ4n) is 3.38. The Labute approximate surface area is 189 Å². The minimum Gasteiger partial charge on any atom is -0.488 e. The Morgan fingerprint density at radius 1 is 1.13 bits per heavy atom. The van der Waals surface area contributed by atoms with Crippen LogP contribution in [0.25, 0.3) is 22.2 Å². The van der Waals surface area contributed by atoms with Crippen molar-refractivity contribution in [1.29, 1.82) is 5.26 Å².